The number of hydrogen-bond acceptors (Lipinski definition) is 4. The summed E-state index contributed by atoms with van der Waals surface area (Å²) in [7, 11) is 1.61. The van der Waals surface area contributed by atoms with Crippen molar-refractivity contribution >= 4 is 11.8 Å². The highest BCUT2D eigenvalue weighted by atomic mass is 19.4. The van der Waals surface area contributed by atoms with Crippen molar-refractivity contribution in [3.05, 3.63) is 65.7 Å². The number of halogens is 3. The minimum Gasteiger partial charge on any atom is -0.492 e. The van der Waals surface area contributed by atoms with Crippen LogP contribution < -0.4 is 10.1 Å². The van der Waals surface area contributed by atoms with Crippen molar-refractivity contribution in [1.82, 2.24) is 15.1 Å². The first-order valence-electron chi connectivity index (χ1n) is 10.3. The molecule has 1 fully saturated rings. The lowest BCUT2D eigenvalue weighted by Crippen LogP contribution is -2.56. The summed E-state index contributed by atoms with van der Waals surface area (Å²) in [5.74, 6) is 0.0513. The number of nitrogens with one attached hydrogen (secondary N) is 1. The standard InChI is InChI=1S/C23H26F3N3O3/c1-28(13-14-32-18-8-3-2-4-9-18)21(30)15-20-22(31)27-11-12-29(20)16-17-7-5-6-10-19(17)23(24,25)26/h2-10,20H,11-16H2,1H3,(H,27,31). The maximum atomic E-state index is 13.4. The Morgan fingerprint density at radius 1 is 1.16 bits per heavy atom. The van der Waals surface area contributed by atoms with Crippen LogP contribution in [-0.4, -0.2) is 60.9 Å². The number of amides is 2. The van der Waals surface area contributed by atoms with E-state index in [0.717, 1.165) is 6.07 Å². The van der Waals surface area contributed by atoms with Gasteiger partial charge in [0.15, 0.2) is 0 Å². The highest BCUT2D eigenvalue weighted by Gasteiger charge is 2.36. The Morgan fingerprint density at radius 2 is 1.84 bits per heavy atom. The number of rotatable bonds is 8. The molecule has 1 saturated heterocycles. The molecule has 0 bridgehead atoms. The number of piperazine rings is 1. The van der Waals surface area contributed by atoms with Crippen molar-refractivity contribution in [3.8, 4) is 5.75 Å². The number of carbonyl (C=O) groups excluding carboxylic acids is 2. The molecule has 6 nitrogen and oxygen atoms in total. The van der Waals surface area contributed by atoms with Gasteiger partial charge in [-0.1, -0.05) is 36.4 Å². The van der Waals surface area contributed by atoms with Gasteiger partial charge in [0.05, 0.1) is 24.6 Å². The van der Waals surface area contributed by atoms with E-state index in [4.69, 9.17) is 4.74 Å². The molecule has 2 amide bonds. The molecule has 0 spiro atoms. The molecule has 0 aromatic heterocycles. The molecule has 0 saturated carbocycles. The molecule has 2 aromatic rings. The van der Waals surface area contributed by atoms with E-state index < -0.39 is 17.8 Å². The van der Waals surface area contributed by atoms with Gasteiger partial charge < -0.3 is 15.0 Å². The average molecular weight is 449 g/mol. The minimum atomic E-state index is -4.49. The fourth-order valence-corrected chi connectivity index (χ4v) is 3.59. The molecule has 1 aliphatic rings. The van der Waals surface area contributed by atoms with E-state index in [2.05, 4.69) is 5.32 Å². The molecule has 9 heteroatoms. The zero-order chi connectivity index (χ0) is 23.1. The number of hydrogen-bond donors (Lipinski definition) is 1. The molecular formula is C23H26F3N3O3. The SMILES string of the molecule is CN(CCOc1ccccc1)C(=O)CC1C(=O)NCCN1Cc1ccccc1C(F)(F)F. The Labute approximate surface area is 184 Å². The van der Waals surface area contributed by atoms with Crippen molar-refractivity contribution in [1.29, 1.82) is 0 Å². The molecule has 1 atom stereocenters. The van der Waals surface area contributed by atoms with Gasteiger partial charge in [-0.2, -0.15) is 13.2 Å². The second-order valence-corrected chi connectivity index (χ2v) is 7.61. The van der Waals surface area contributed by atoms with E-state index in [9.17, 15) is 22.8 Å². The highest BCUT2D eigenvalue weighted by Crippen LogP contribution is 2.32. The first-order valence-corrected chi connectivity index (χ1v) is 10.3. The highest BCUT2D eigenvalue weighted by molar-refractivity contribution is 5.88. The van der Waals surface area contributed by atoms with Crippen LogP contribution in [0.3, 0.4) is 0 Å². The number of ether oxygens (including phenoxy) is 1. The zero-order valence-corrected chi connectivity index (χ0v) is 17.8. The summed E-state index contributed by atoms with van der Waals surface area (Å²) in [5.41, 5.74) is -0.650. The van der Waals surface area contributed by atoms with Gasteiger partial charge >= 0.3 is 6.18 Å². The van der Waals surface area contributed by atoms with Crippen LogP contribution in [0.25, 0.3) is 0 Å². The predicted molar refractivity (Wildman–Crippen MR) is 113 cm³/mol. The van der Waals surface area contributed by atoms with Crippen LogP contribution in [0, 0.1) is 0 Å². The Morgan fingerprint density at radius 3 is 2.56 bits per heavy atom. The van der Waals surface area contributed by atoms with Crippen LogP contribution in [0.15, 0.2) is 54.6 Å². The van der Waals surface area contributed by atoms with Crippen LogP contribution in [0.5, 0.6) is 5.75 Å². The third-order valence-electron chi connectivity index (χ3n) is 5.37. The number of likely N-dealkylation sites (N-methyl/N-ethyl adjacent to an activating group) is 1. The third-order valence-corrected chi connectivity index (χ3v) is 5.37. The normalized spacial score (nSPS) is 17.0. The second kappa shape index (κ2) is 10.5. The monoisotopic (exact) mass is 449 g/mol. The Bertz CT molecular complexity index is 921. The van der Waals surface area contributed by atoms with Gasteiger partial charge in [-0.15, -0.1) is 0 Å². The second-order valence-electron chi connectivity index (χ2n) is 7.61. The van der Waals surface area contributed by atoms with Crippen molar-refractivity contribution < 1.29 is 27.5 Å². The summed E-state index contributed by atoms with van der Waals surface area (Å²) in [6, 6.07) is 13.6. The van der Waals surface area contributed by atoms with Gasteiger partial charge in [0.1, 0.15) is 12.4 Å². The first-order chi connectivity index (χ1) is 15.3. The van der Waals surface area contributed by atoms with Gasteiger partial charge in [-0.05, 0) is 23.8 Å². The minimum absolute atomic E-state index is 0.0676. The summed E-state index contributed by atoms with van der Waals surface area (Å²) >= 11 is 0. The number of carbonyl (C=O) groups is 2. The molecule has 0 radical (unpaired) electrons. The molecule has 1 unspecified atom stereocenters. The quantitative estimate of drug-likeness (QED) is 0.673. The van der Waals surface area contributed by atoms with Crippen molar-refractivity contribution in [2.75, 3.05) is 33.3 Å². The fourth-order valence-electron chi connectivity index (χ4n) is 3.59. The lowest BCUT2D eigenvalue weighted by atomic mass is 10.0. The molecule has 172 valence electrons. The third kappa shape index (κ3) is 6.23. The summed E-state index contributed by atoms with van der Waals surface area (Å²) in [6.45, 7) is 1.21. The number of alkyl halides is 3. The van der Waals surface area contributed by atoms with Gasteiger partial charge in [-0.25, -0.2) is 0 Å². The summed E-state index contributed by atoms with van der Waals surface area (Å²) in [4.78, 5) is 28.3. The molecule has 3 rings (SSSR count). The molecule has 0 aliphatic carbocycles. The lowest BCUT2D eigenvalue weighted by Gasteiger charge is -2.35. The molecule has 1 heterocycles. The lowest BCUT2D eigenvalue weighted by molar-refractivity contribution is -0.140. The largest absolute Gasteiger partial charge is 0.492 e. The number of para-hydroxylation sites is 1. The molecule has 1 N–H and O–H groups in total. The fraction of sp³-hybridized carbons (Fsp3) is 0.391. The summed E-state index contributed by atoms with van der Waals surface area (Å²) < 4.78 is 45.7. The summed E-state index contributed by atoms with van der Waals surface area (Å²) in [6.07, 6.45) is -4.61. The van der Waals surface area contributed by atoms with Crippen molar-refractivity contribution in [2.45, 2.75) is 25.2 Å². The van der Waals surface area contributed by atoms with Gasteiger partial charge in [0, 0.05) is 26.7 Å². The topological polar surface area (TPSA) is 61.9 Å². The Hall–Kier alpha value is -3.07. The van der Waals surface area contributed by atoms with Gasteiger partial charge in [-0.3, -0.25) is 14.5 Å². The number of benzene rings is 2. The first kappa shape index (κ1) is 23.6. The van der Waals surface area contributed by atoms with E-state index in [-0.39, 0.29) is 37.0 Å². The van der Waals surface area contributed by atoms with Crippen LogP contribution in [0.1, 0.15) is 17.5 Å². The van der Waals surface area contributed by atoms with Crippen molar-refractivity contribution in [2.24, 2.45) is 0 Å². The predicted octanol–water partition coefficient (Wildman–Crippen LogP) is 2.93. The maximum absolute atomic E-state index is 13.4. The van der Waals surface area contributed by atoms with Crippen LogP contribution >= 0.6 is 0 Å². The van der Waals surface area contributed by atoms with Gasteiger partial charge in [0.2, 0.25) is 11.8 Å². The van der Waals surface area contributed by atoms with E-state index >= 15 is 0 Å². The van der Waals surface area contributed by atoms with E-state index in [0.29, 0.717) is 25.4 Å². The smallest absolute Gasteiger partial charge is 0.416 e. The van der Waals surface area contributed by atoms with Crippen LogP contribution in [-0.2, 0) is 22.3 Å². The summed E-state index contributed by atoms with van der Waals surface area (Å²) in [5, 5.41) is 2.70. The molecule has 1 aliphatic heterocycles. The molecular weight excluding hydrogens is 423 g/mol. The number of nitrogens with zero attached hydrogens (tertiary/aromatic N) is 2. The average Bonchev–Trinajstić information content (AvgIpc) is 2.76. The molecule has 2 aromatic carbocycles. The van der Waals surface area contributed by atoms with E-state index in [1.54, 1.807) is 11.9 Å². The van der Waals surface area contributed by atoms with E-state index in [1.165, 1.54) is 23.1 Å². The maximum Gasteiger partial charge on any atom is 0.416 e. The van der Waals surface area contributed by atoms with Crippen molar-refractivity contribution in [3.63, 3.8) is 0 Å². The Balaban J connectivity index is 1.62. The zero-order valence-electron chi connectivity index (χ0n) is 17.8. The Kier molecular flexibility index (Phi) is 7.74. The van der Waals surface area contributed by atoms with Gasteiger partial charge in [0.25, 0.3) is 0 Å². The van der Waals surface area contributed by atoms with E-state index in [1.807, 2.05) is 30.3 Å². The molecule has 32 heavy (non-hydrogen) atoms. The van der Waals surface area contributed by atoms with Crippen LogP contribution in [0.2, 0.25) is 0 Å². The van der Waals surface area contributed by atoms with Crippen LogP contribution in [0.4, 0.5) is 13.2 Å².